The van der Waals surface area contributed by atoms with Crippen molar-refractivity contribution in [3.63, 3.8) is 0 Å². The fourth-order valence-electron chi connectivity index (χ4n) is 4.25. The molecular weight excluding hydrogens is 338 g/mol. The van der Waals surface area contributed by atoms with E-state index in [1.165, 1.54) is 16.7 Å². The number of carbonyl (C=O) groups excluding carboxylic acids is 1. The number of nitrogens with zero attached hydrogens (tertiary/aromatic N) is 1. The van der Waals surface area contributed by atoms with Crippen LogP contribution in [0.25, 0.3) is 0 Å². The van der Waals surface area contributed by atoms with Crippen molar-refractivity contribution in [3.05, 3.63) is 69.8 Å². The van der Waals surface area contributed by atoms with Crippen LogP contribution in [0.15, 0.2) is 36.4 Å². The zero-order chi connectivity index (χ0) is 19.6. The number of hydrogen-bond donors (Lipinski definition) is 1. The molecule has 0 aromatic heterocycles. The van der Waals surface area contributed by atoms with Crippen molar-refractivity contribution in [2.45, 2.75) is 46.1 Å². The average molecular weight is 365 g/mol. The van der Waals surface area contributed by atoms with E-state index in [9.17, 15) is 14.7 Å². The lowest BCUT2D eigenvalue weighted by molar-refractivity contribution is 0.0695. The van der Waals surface area contributed by atoms with Gasteiger partial charge >= 0.3 is 5.97 Å². The minimum absolute atomic E-state index is 0.0867. The number of likely N-dealkylation sites (tertiary alicyclic amines) is 1. The first-order valence-electron chi connectivity index (χ1n) is 9.58. The summed E-state index contributed by atoms with van der Waals surface area (Å²) in [7, 11) is 0. The number of carboxylic acid groups (broad SMARTS) is 1. The van der Waals surface area contributed by atoms with Gasteiger partial charge in [-0.25, -0.2) is 4.79 Å². The van der Waals surface area contributed by atoms with Gasteiger partial charge in [0.15, 0.2) is 5.78 Å². The molecule has 1 heterocycles. The quantitative estimate of drug-likeness (QED) is 0.769. The van der Waals surface area contributed by atoms with E-state index in [2.05, 4.69) is 11.8 Å². The summed E-state index contributed by atoms with van der Waals surface area (Å²) in [5, 5.41) is 9.53. The van der Waals surface area contributed by atoms with Gasteiger partial charge in [0.25, 0.3) is 0 Å². The van der Waals surface area contributed by atoms with Crippen molar-refractivity contribution in [3.8, 4) is 0 Å². The SMILES string of the molecule is CCc1c(C(=O)O)ccc(C)c1C1CCN(Cc2ccc(C(C)=O)cc2)C1. The summed E-state index contributed by atoms with van der Waals surface area (Å²) in [5.74, 6) is -0.382. The van der Waals surface area contributed by atoms with Crippen LogP contribution in [0.5, 0.6) is 0 Å². The molecule has 1 atom stereocenters. The van der Waals surface area contributed by atoms with Crippen LogP contribution in [0.1, 0.15) is 69.2 Å². The molecule has 3 rings (SSSR count). The molecule has 4 nitrogen and oxygen atoms in total. The fourth-order valence-corrected chi connectivity index (χ4v) is 4.25. The molecule has 1 fully saturated rings. The van der Waals surface area contributed by atoms with Crippen molar-refractivity contribution in [2.24, 2.45) is 0 Å². The average Bonchev–Trinajstić information content (AvgIpc) is 3.09. The highest BCUT2D eigenvalue weighted by molar-refractivity contribution is 5.94. The number of benzene rings is 2. The van der Waals surface area contributed by atoms with Gasteiger partial charge in [0, 0.05) is 18.7 Å². The second kappa shape index (κ2) is 8.05. The van der Waals surface area contributed by atoms with E-state index in [0.29, 0.717) is 11.5 Å². The van der Waals surface area contributed by atoms with Crippen LogP contribution in [0.4, 0.5) is 0 Å². The molecule has 2 aromatic carbocycles. The Morgan fingerprint density at radius 1 is 1.15 bits per heavy atom. The molecule has 2 aromatic rings. The fraction of sp³-hybridized carbons (Fsp3) is 0.391. The summed E-state index contributed by atoms with van der Waals surface area (Å²) in [6.07, 6.45) is 1.78. The minimum Gasteiger partial charge on any atom is -0.478 e. The number of aromatic carboxylic acids is 1. The predicted molar refractivity (Wildman–Crippen MR) is 107 cm³/mol. The minimum atomic E-state index is -0.839. The van der Waals surface area contributed by atoms with Gasteiger partial charge in [-0.3, -0.25) is 9.69 Å². The molecule has 1 unspecified atom stereocenters. The van der Waals surface area contributed by atoms with Gasteiger partial charge in [-0.05, 0) is 67.5 Å². The van der Waals surface area contributed by atoms with Gasteiger partial charge in [0.2, 0.25) is 0 Å². The molecule has 27 heavy (non-hydrogen) atoms. The molecule has 1 aliphatic heterocycles. The molecule has 1 saturated heterocycles. The first-order valence-corrected chi connectivity index (χ1v) is 9.58. The molecular formula is C23H27NO3. The topological polar surface area (TPSA) is 57.6 Å². The van der Waals surface area contributed by atoms with Crippen LogP contribution >= 0.6 is 0 Å². The van der Waals surface area contributed by atoms with Crippen molar-refractivity contribution in [1.29, 1.82) is 0 Å². The Bertz CT molecular complexity index is 855. The number of Topliss-reactive ketones (excluding diaryl/α,β-unsaturated/α-hetero) is 1. The van der Waals surface area contributed by atoms with Gasteiger partial charge in [-0.1, -0.05) is 37.3 Å². The van der Waals surface area contributed by atoms with E-state index >= 15 is 0 Å². The Hall–Kier alpha value is -2.46. The van der Waals surface area contributed by atoms with Crippen LogP contribution in [0.3, 0.4) is 0 Å². The number of aryl methyl sites for hydroxylation is 1. The molecule has 0 radical (unpaired) electrons. The highest BCUT2D eigenvalue weighted by atomic mass is 16.4. The van der Waals surface area contributed by atoms with E-state index in [1.807, 2.05) is 37.3 Å². The number of ketones is 1. The van der Waals surface area contributed by atoms with E-state index in [0.717, 1.165) is 43.6 Å². The second-order valence-corrected chi connectivity index (χ2v) is 7.45. The lowest BCUT2D eigenvalue weighted by Gasteiger charge is -2.21. The van der Waals surface area contributed by atoms with E-state index < -0.39 is 5.97 Å². The molecule has 0 amide bonds. The summed E-state index contributed by atoms with van der Waals surface area (Å²) in [6, 6.07) is 11.5. The Balaban J connectivity index is 1.77. The van der Waals surface area contributed by atoms with Crippen LogP contribution in [-0.2, 0) is 13.0 Å². The third-order valence-corrected chi connectivity index (χ3v) is 5.61. The maximum atomic E-state index is 11.6. The summed E-state index contributed by atoms with van der Waals surface area (Å²) in [6.45, 7) is 8.49. The zero-order valence-electron chi connectivity index (χ0n) is 16.3. The lowest BCUT2D eigenvalue weighted by Crippen LogP contribution is -2.20. The molecule has 0 saturated carbocycles. The standard InChI is InChI=1S/C23H27NO3/c1-4-20-21(23(26)27)10-5-15(2)22(20)19-11-12-24(14-19)13-17-6-8-18(9-7-17)16(3)25/h5-10,19H,4,11-14H2,1-3H3,(H,26,27). The Morgan fingerprint density at radius 3 is 2.44 bits per heavy atom. The molecule has 0 aliphatic carbocycles. The smallest absolute Gasteiger partial charge is 0.335 e. The van der Waals surface area contributed by atoms with Gasteiger partial charge < -0.3 is 5.11 Å². The highest BCUT2D eigenvalue weighted by Gasteiger charge is 2.28. The lowest BCUT2D eigenvalue weighted by atomic mass is 9.86. The van der Waals surface area contributed by atoms with Crippen molar-refractivity contribution in [1.82, 2.24) is 4.90 Å². The normalized spacial score (nSPS) is 17.2. The highest BCUT2D eigenvalue weighted by Crippen LogP contribution is 2.34. The number of carboxylic acids is 1. The summed E-state index contributed by atoms with van der Waals surface area (Å²) in [4.78, 5) is 25.4. The summed E-state index contributed by atoms with van der Waals surface area (Å²) >= 11 is 0. The maximum Gasteiger partial charge on any atom is 0.335 e. The summed E-state index contributed by atoms with van der Waals surface area (Å²) in [5.41, 5.74) is 5.79. The van der Waals surface area contributed by atoms with Crippen LogP contribution in [0, 0.1) is 6.92 Å². The third-order valence-electron chi connectivity index (χ3n) is 5.61. The number of hydrogen-bond acceptors (Lipinski definition) is 3. The van der Waals surface area contributed by atoms with Gasteiger partial charge in [-0.15, -0.1) is 0 Å². The zero-order valence-corrected chi connectivity index (χ0v) is 16.3. The Kier molecular flexibility index (Phi) is 5.76. The van der Waals surface area contributed by atoms with Gasteiger partial charge in [-0.2, -0.15) is 0 Å². The molecule has 1 N–H and O–H groups in total. The molecule has 1 aliphatic rings. The third kappa shape index (κ3) is 4.11. The van der Waals surface area contributed by atoms with Gasteiger partial charge in [0.05, 0.1) is 5.56 Å². The van der Waals surface area contributed by atoms with E-state index in [4.69, 9.17) is 0 Å². The predicted octanol–water partition coefficient (Wildman–Crippen LogP) is 4.45. The van der Waals surface area contributed by atoms with Crippen molar-refractivity contribution in [2.75, 3.05) is 13.1 Å². The molecule has 142 valence electrons. The number of rotatable bonds is 6. The van der Waals surface area contributed by atoms with E-state index in [1.54, 1.807) is 13.0 Å². The van der Waals surface area contributed by atoms with Crippen LogP contribution in [0.2, 0.25) is 0 Å². The van der Waals surface area contributed by atoms with Crippen molar-refractivity contribution < 1.29 is 14.7 Å². The van der Waals surface area contributed by atoms with Gasteiger partial charge in [0.1, 0.15) is 0 Å². The Morgan fingerprint density at radius 2 is 1.85 bits per heavy atom. The van der Waals surface area contributed by atoms with Crippen LogP contribution < -0.4 is 0 Å². The Labute approximate surface area is 160 Å². The monoisotopic (exact) mass is 365 g/mol. The molecule has 0 bridgehead atoms. The number of carbonyl (C=O) groups is 2. The van der Waals surface area contributed by atoms with Crippen molar-refractivity contribution >= 4 is 11.8 Å². The van der Waals surface area contributed by atoms with Crippen LogP contribution in [-0.4, -0.2) is 34.8 Å². The largest absolute Gasteiger partial charge is 0.478 e. The molecule has 4 heteroatoms. The second-order valence-electron chi connectivity index (χ2n) is 7.45. The first kappa shape index (κ1) is 19.3. The summed E-state index contributed by atoms with van der Waals surface area (Å²) < 4.78 is 0. The maximum absolute atomic E-state index is 11.6. The molecule has 0 spiro atoms. The van der Waals surface area contributed by atoms with E-state index in [-0.39, 0.29) is 5.78 Å². The first-order chi connectivity index (χ1) is 12.9.